The van der Waals surface area contributed by atoms with Crippen molar-refractivity contribution in [3.63, 3.8) is 0 Å². The van der Waals surface area contributed by atoms with E-state index in [-0.39, 0.29) is 23.5 Å². The number of piperidine rings is 1. The number of carbonyl (C=O) groups is 1. The van der Waals surface area contributed by atoms with Crippen molar-refractivity contribution in [2.75, 3.05) is 32.8 Å². The normalized spacial score (nSPS) is 18.5. The van der Waals surface area contributed by atoms with Gasteiger partial charge >= 0.3 is 6.09 Å². The van der Waals surface area contributed by atoms with E-state index in [1.807, 2.05) is 25.7 Å². The third-order valence-corrected chi connectivity index (χ3v) is 5.51. The van der Waals surface area contributed by atoms with Gasteiger partial charge in [0.25, 0.3) is 0 Å². The summed E-state index contributed by atoms with van der Waals surface area (Å²) in [4.78, 5) is 14.0. The molecular formula is C19H38N2O3. The highest BCUT2D eigenvalue weighted by Gasteiger charge is 2.34. The zero-order chi connectivity index (χ0) is 18.4. The first-order valence-corrected chi connectivity index (χ1v) is 9.38. The van der Waals surface area contributed by atoms with Crippen molar-refractivity contribution in [3.05, 3.63) is 0 Å². The van der Waals surface area contributed by atoms with Gasteiger partial charge in [0, 0.05) is 38.2 Å². The van der Waals surface area contributed by atoms with Crippen LogP contribution < -0.4 is 5.32 Å². The summed E-state index contributed by atoms with van der Waals surface area (Å²) < 4.78 is 5.46. The summed E-state index contributed by atoms with van der Waals surface area (Å²) >= 11 is 0. The monoisotopic (exact) mass is 342 g/mol. The highest BCUT2D eigenvalue weighted by Crippen LogP contribution is 2.31. The Morgan fingerprint density at radius 1 is 1.21 bits per heavy atom. The van der Waals surface area contributed by atoms with Crippen molar-refractivity contribution in [1.82, 2.24) is 10.2 Å². The number of aliphatic hydroxyl groups excluding tert-OH is 1. The van der Waals surface area contributed by atoms with Crippen molar-refractivity contribution < 1.29 is 14.6 Å². The van der Waals surface area contributed by atoms with Crippen LogP contribution in [0, 0.1) is 10.8 Å². The molecule has 2 N–H and O–H groups in total. The summed E-state index contributed by atoms with van der Waals surface area (Å²) in [6.07, 6.45) is 3.72. The summed E-state index contributed by atoms with van der Waals surface area (Å²) in [7, 11) is 0. The van der Waals surface area contributed by atoms with Crippen molar-refractivity contribution in [1.29, 1.82) is 0 Å². The molecule has 1 aliphatic rings. The molecule has 24 heavy (non-hydrogen) atoms. The Labute approximate surface area is 148 Å². The highest BCUT2D eigenvalue weighted by atomic mass is 16.6. The summed E-state index contributed by atoms with van der Waals surface area (Å²) in [5.74, 6) is 0. The van der Waals surface area contributed by atoms with Crippen molar-refractivity contribution >= 4 is 6.09 Å². The van der Waals surface area contributed by atoms with E-state index in [0.717, 1.165) is 51.9 Å². The number of aliphatic hydroxyl groups is 1. The lowest BCUT2D eigenvalue weighted by molar-refractivity contribution is 0.0114. The van der Waals surface area contributed by atoms with E-state index in [4.69, 9.17) is 4.74 Å². The maximum absolute atomic E-state index is 12.1. The molecule has 1 aliphatic heterocycles. The zero-order valence-corrected chi connectivity index (χ0v) is 16.6. The summed E-state index contributed by atoms with van der Waals surface area (Å²) in [6.45, 7) is 15.8. The van der Waals surface area contributed by atoms with Gasteiger partial charge in [0.05, 0.1) is 0 Å². The van der Waals surface area contributed by atoms with Crippen LogP contribution in [-0.2, 0) is 4.74 Å². The lowest BCUT2D eigenvalue weighted by Gasteiger charge is -2.40. The fraction of sp³-hybridized carbons (Fsp3) is 0.947. The van der Waals surface area contributed by atoms with Gasteiger partial charge in [0.1, 0.15) is 5.60 Å². The SMILES string of the molecule is CCC(CC)(CO)CNCC1(C)CCN(C(=O)OC(C)(C)C)CC1. The molecular weight excluding hydrogens is 304 g/mol. The largest absolute Gasteiger partial charge is 0.444 e. The van der Waals surface area contributed by atoms with Crippen LogP contribution in [0.25, 0.3) is 0 Å². The minimum Gasteiger partial charge on any atom is -0.444 e. The molecule has 0 aromatic carbocycles. The predicted molar refractivity (Wildman–Crippen MR) is 98.1 cm³/mol. The summed E-state index contributed by atoms with van der Waals surface area (Å²) in [5.41, 5.74) is -0.248. The van der Waals surface area contributed by atoms with E-state index < -0.39 is 5.60 Å². The first kappa shape index (κ1) is 21.2. The van der Waals surface area contributed by atoms with Gasteiger partial charge in [-0.15, -0.1) is 0 Å². The van der Waals surface area contributed by atoms with E-state index in [1.165, 1.54) is 0 Å². The second kappa shape index (κ2) is 8.52. The lowest BCUT2D eigenvalue weighted by atomic mass is 9.79. The summed E-state index contributed by atoms with van der Waals surface area (Å²) in [5, 5.41) is 13.2. The number of likely N-dealkylation sites (tertiary alicyclic amines) is 1. The molecule has 0 aromatic rings. The van der Waals surface area contributed by atoms with Crippen LogP contribution in [0.1, 0.15) is 67.2 Å². The van der Waals surface area contributed by atoms with Crippen LogP contribution in [0.3, 0.4) is 0 Å². The molecule has 0 spiro atoms. The van der Waals surface area contributed by atoms with E-state index >= 15 is 0 Å². The maximum atomic E-state index is 12.1. The highest BCUT2D eigenvalue weighted by molar-refractivity contribution is 5.68. The first-order chi connectivity index (χ1) is 11.1. The Kier molecular flexibility index (Phi) is 7.54. The Morgan fingerprint density at radius 3 is 2.17 bits per heavy atom. The van der Waals surface area contributed by atoms with Crippen LogP contribution in [0.2, 0.25) is 0 Å². The molecule has 1 rings (SSSR count). The molecule has 0 aliphatic carbocycles. The molecule has 0 unspecified atom stereocenters. The first-order valence-electron chi connectivity index (χ1n) is 9.38. The van der Waals surface area contributed by atoms with Crippen molar-refractivity contribution in [3.8, 4) is 0 Å². The molecule has 1 amide bonds. The standard InChI is InChI=1S/C19H38N2O3/c1-7-19(8-2,15-22)14-20-13-18(6)9-11-21(12-10-18)16(23)24-17(3,4)5/h20,22H,7-15H2,1-6H3. The number of amides is 1. The van der Waals surface area contributed by atoms with E-state index in [0.29, 0.717) is 0 Å². The minimum atomic E-state index is -0.437. The molecule has 0 radical (unpaired) electrons. The second-order valence-electron chi connectivity index (χ2n) is 8.75. The Morgan fingerprint density at radius 2 is 1.75 bits per heavy atom. The van der Waals surface area contributed by atoms with Gasteiger partial charge in [-0.2, -0.15) is 0 Å². The quantitative estimate of drug-likeness (QED) is 0.744. The molecule has 1 saturated heterocycles. The zero-order valence-electron chi connectivity index (χ0n) is 16.6. The van der Waals surface area contributed by atoms with Crippen LogP contribution >= 0.6 is 0 Å². The van der Waals surface area contributed by atoms with Crippen LogP contribution in [0.5, 0.6) is 0 Å². The second-order valence-corrected chi connectivity index (χ2v) is 8.75. The van der Waals surface area contributed by atoms with Crippen molar-refractivity contribution in [2.45, 2.75) is 72.8 Å². The van der Waals surface area contributed by atoms with Gasteiger partial charge in [0.15, 0.2) is 0 Å². The molecule has 0 bridgehead atoms. The Balaban J connectivity index is 2.44. The fourth-order valence-electron chi connectivity index (χ4n) is 3.14. The van der Waals surface area contributed by atoms with Crippen LogP contribution in [0.15, 0.2) is 0 Å². The van der Waals surface area contributed by atoms with E-state index in [1.54, 1.807) is 0 Å². The number of nitrogens with zero attached hydrogens (tertiary/aromatic N) is 1. The fourth-order valence-corrected chi connectivity index (χ4v) is 3.14. The summed E-state index contributed by atoms with van der Waals surface area (Å²) in [6, 6.07) is 0. The number of carbonyl (C=O) groups excluding carboxylic acids is 1. The number of rotatable bonds is 7. The molecule has 1 heterocycles. The molecule has 0 saturated carbocycles. The van der Waals surface area contributed by atoms with Crippen LogP contribution in [-0.4, -0.2) is 54.5 Å². The minimum absolute atomic E-state index is 0.00637. The average Bonchev–Trinajstić information content (AvgIpc) is 2.51. The molecule has 142 valence electrons. The van der Waals surface area contributed by atoms with Gasteiger partial charge in [-0.05, 0) is 51.9 Å². The van der Waals surface area contributed by atoms with Crippen molar-refractivity contribution in [2.24, 2.45) is 10.8 Å². The van der Waals surface area contributed by atoms with Crippen LogP contribution in [0.4, 0.5) is 4.79 Å². The predicted octanol–water partition coefficient (Wildman–Crippen LogP) is 3.41. The molecule has 0 aromatic heterocycles. The Bertz CT molecular complexity index is 384. The van der Waals surface area contributed by atoms with Gasteiger partial charge in [-0.25, -0.2) is 4.79 Å². The van der Waals surface area contributed by atoms with Gasteiger partial charge in [-0.3, -0.25) is 0 Å². The van der Waals surface area contributed by atoms with Gasteiger partial charge < -0.3 is 20.1 Å². The molecule has 5 nitrogen and oxygen atoms in total. The smallest absolute Gasteiger partial charge is 0.410 e. The van der Waals surface area contributed by atoms with Gasteiger partial charge in [0.2, 0.25) is 0 Å². The number of hydrogen-bond acceptors (Lipinski definition) is 4. The van der Waals surface area contributed by atoms with E-state index in [9.17, 15) is 9.90 Å². The lowest BCUT2D eigenvalue weighted by Crippen LogP contribution is -2.48. The van der Waals surface area contributed by atoms with Gasteiger partial charge in [-0.1, -0.05) is 20.8 Å². The molecule has 1 fully saturated rings. The topological polar surface area (TPSA) is 61.8 Å². The molecule has 0 atom stereocenters. The average molecular weight is 343 g/mol. The van der Waals surface area contributed by atoms with E-state index in [2.05, 4.69) is 26.1 Å². The maximum Gasteiger partial charge on any atom is 0.410 e. The number of hydrogen-bond donors (Lipinski definition) is 2. The number of ether oxygens (including phenoxy) is 1. The third-order valence-electron chi connectivity index (χ3n) is 5.51. The third kappa shape index (κ3) is 6.25. The molecule has 5 heteroatoms. The Hall–Kier alpha value is -0.810. The number of nitrogens with one attached hydrogen (secondary N) is 1.